The molecule has 0 radical (unpaired) electrons. The van der Waals surface area contributed by atoms with E-state index in [0.29, 0.717) is 5.75 Å². The lowest BCUT2D eigenvalue weighted by molar-refractivity contribution is 0.423. The first kappa shape index (κ1) is 19.4. The minimum absolute atomic E-state index is 0.0115. The molecule has 2 heteroatoms. The number of benzene rings is 2. The molecule has 136 valence electrons. The normalized spacial score (nSPS) is 11.6. The number of nitrogens with zero attached hydrogens (tertiary/aromatic N) is 1. The standard InChI is InChI=1S/C23H33NO/c1-7-13-23(14-8-2,20-10-12-22(25)18(4)16-20)19-9-11-21(24(5)6)17(3)15-19/h9-12,15-16,25H,7-8,13-14H2,1-6H3. The summed E-state index contributed by atoms with van der Waals surface area (Å²) in [5.41, 5.74) is 6.27. The summed E-state index contributed by atoms with van der Waals surface area (Å²) >= 11 is 0. The number of hydrogen-bond donors (Lipinski definition) is 1. The summed E-state index contributed by atoms with van der Waals surface area (Å²) in [6, 6.07) is 13.1. The summed E-state index contributed by atoms with van der Waals surface area (Å²) in [4.78, 5) is 2.17. The van der Waals surface area contributed by atoms with Crippen LogP contribution in [-0.4, -0.2) is 19.2 Å². The van der Waals surface area contributed by atoms with Crippen molar-refractivity contribution in [3.8, 4) is 5.75 Å². The van der Waals surface area contributed by atoms with Crippen LogP contribution in [0.3, 0.4) is 0 Å². The fourth-order valence-corrected chi connectivity index (χ4v) is 4.13. The molecule has 0 fully saturated rings. The fraction of sp³-hybridized carbons (Fsp3) is 0.478. The lowest BCUT2D eigenvalue weighted by Crippen LogP contribution is -2.28. The van der Waals surface area contributed by atoms with Gasteiger partial charge >= 0.3 is 0 Å². The molecule has 25 heavy (non-hydrogen) atoms. The van der Waals surface area contributed by atoms with Crippen molar-refractivity contribution in [3.63, 3.8) is 0 Å². The lowest BCUT2D eigenvalue weighted by Gasteiger charge is -2.36. The van der Waals surface area contributed by atoms with Crippen LogP contribution in [0.1, 0.15) is 61.8 Å². The van der Waals surface area contributed by atoms with Gasteiger partial charge < -0.3 is 10.0 Å². The molecule has 2 nitrogen and oxygen atoms in total. The largest absolute Gasteiger partial charge is 0.508 e. The second-order valence-corrected chi connectivity index (χ2v) is 7.48. The first-order chi connectivity index (χ1) is 11.9. The third-order valence-electron chi connectivity index (χ3n) is 5.33. The molecule has 0 spiro atoms. The molecule has 0 amide bonds. The molecule has 0 aromatic heterocycles. The molecule has 2 aromatic carbocycles. The highest BCUT2D eigenvalue weighted by atomic mass is 16.3. The Kier molecular flexibility index (Phi) is 6.16. The van der Waals surface area contributed by atoms with Gasteiger partial charge in [-0.3, -0.25) is 0 Å². The maximum atomic E-state index is 9.98. The number of phenols is 1. The SMILES string of the molecule is CCCC(CCC)(c1ccc(O)c(C)c1)c1ccc(N(C)C)c(C)c1. The highest BCUT2D eigenvalue weighted by molar-refractivity contribution is 5.56. The third-order valence-corrected chi connectivity index (χ3v) is 5.33. The van der Waals surface area contributed by atoms with Crippen LogP contribution in [-0.2, 0) is 5.41 Å². The molecule has 1 N–H and O–H groups in total. The molecule has 0 atom stereocenters. The van der Waals surface area contributed by atoms with Crippen molar-refractivity contribution >= 4 is 5.69 Å². The van der Waals surface area contributed by atoms with Gasteiger partial charge in [0.1, 0.15) is 5.75 Å². The van der Waals surface area contributed by atoms with Crippen LogP contribution in [0.25, 0.3) is 0 Å². The number of phenolic OH excluding ortho intramolecular Hbond substituents is 1. The van der Waals surface area contributed by atoms with Gasteiger partial charge in [0.2, 0.25) is 0 Å². The van der Waals surface area contributed by atoms with Crippen LogP contribution in [0.5, 0.6) is 5.75 Å². The molecule has 0 unspecified atom stereocenters. The Morgan fingerprint density at radius 3 is 1.80 bits per heavy atom. The van der Waals surface area contributed by atoms with Crippen molar-refractivity contribution in [1.29, 1.82) is 0 Å². The Balaban J connectivity index is 2.66. The van der Waals surface area contributed by atoms with E-state index in [1.165, 1.54) is 22.4 Å². The number of aromatic hydroxyl groups is 1. The van der Waals surface area contributed by atoms with Crippen molar-refractivity contribution in [1.82, 2.24) is 0 Å². The molecule has 2 rings (SSSR count). The number of rotatable bonds is 7. The maximum absolute atomic E-state index is 9.98. The predicted octanol–water partition coefficient (Wildman–Crippen LogP) is 5.96. The summed E-state index contributed by atoms with van der Waals surface area (Å²) in [5, 5.41) is 9.98. The molecule has 0 aliphatic carbocycles. The Labute approximate surface area is 153 Å². The Morgan fingerprint density at radius 2 is 1.36 bits per heavy atom. The summed E-state index contributed by atoms with van der Waals surface area (Å²) in [5.74, 6) is 0.379. The molecule has 0 aliphatic heterocycles. The monoisotopic (exact) mass is 339 g/mol. The van der Waals surface area contributed by atoms with E-state index >= 15 is 0 Å². The van der Waals surface area contributed by atoms with Gasteiger partial charge in [0.05, 0.1) is 0 Å². The van der Waals surface area contributed by atoms with Gasteiger partial charge in [-0.25, -0.2) is 0 Å². The minimum Gasteiger partial charge on any atom is -0.508 e. The number of aryl methyl sites for hydroxylation is 2. The zero-order chi connectivity index (χ0) is 18.6. The second kappa shape index (κ2) is 7.95. The first-order valence-electron chi connectivity index (χ1n) is 9.44. The van der Waals surface area contributed by atoms with Crippen molar-refractivity contribution in [2.24, 2.45) is 0 Å². The average molecular weight is 340 g/mol. The summed E-state index contributed by atoms with van der Waals surface area (Å²) in [6.07, 6.45) is 4.50. The number of hydrogen-bond acceptors (Lipinski definition) is 2. The summed E-state index contributed by atoms with van der Waals surface area (Å²) < 4.78 is 0. The van der Waals surface area contributed by atoms with Gasteiger partial charge in [0, 0.05) is 25.2 Å². The third kappa shape index (κ3) is 3.84. The van der Waals surface area contributed by atoms with Crippen LogP contribution in [0, 0.1) is 13.8 Å². The molecular formula is C23H33NO. The molecule has 0 saturated heterocycles. The smallest absolute Gasteiger partial charge is 0.118 e. The highest BCUT2D eigenvalue weighted by Gasteiger charge is 2.33. The topological polar surface area (TPSA) is 23.5 Å². The van der Waals surface area contributed by atoms with E-state index in [1.807, 2.05) is 13.0 Å². The number of anilines is 1. The van der Waals surface area contributed by atoms with Gasteiger partial charge in [0.25, 0.3) is 0 Å². The summed E-state index contributed by atoms with van der Waals surface area (Å²) in [6.45, 7) is 8.71. The average Bonchev–Trinajstić information content (AvgIpc) is 2.56. The van der Waals surface area contributed by atoms with Gasteiger partial charge in [-0.1, -0.05) is 51.0 Å². The Hall–Kier alpha value is -1.96. The fourth-order valence-electron chi connectivity index (χ4n) is 4.13. The Morgan fingerprint density at radius 1 is 0.840 bits per heavy atom. The van der Waals surface area contributed by atoms with Crippen LogP contribution in [0.4, 0.5) is 5.69 Å². The van der Waals surface area contributed by atoms with Crippen LogP contribution < -0.4 is 4.90 Å². The highest BCUT2D eigenvalue weighted by Crippen LogP contribution is 2.43. The van der Waals surface area contributed by atoms with E-state index < -0.39 is 0 Å². The molecule has 0 heterocycles. The summed E-state index contributed by atoms with van der Waals surface area (Å²) in [7, 11) is 4.19. The molecule has 2 aromatic rings. The van der Waals surface area contributed by atoms with Gasteiger partial charge in [-0.15, -0.1) is 0 Å². The van der Waals surface area contributed by atoms with Crippen molar-refractivity contribution < 1.29 is 5.11 Å². The van der Waals surface area contributed by atoms with Crippen LogP contribution >= 0.6 is 0 Å². The zero-order valence-corrected chi connectivity index (χ0v) is 16.7. The van der Waals surface area contributed by atoms with Gasteiger partial charge in [-0.05, 0) is 61.1 Å². The quantitative estimate of drug-likeness (QED) is 0.672. The zero-order valence-electron chi connectivity index (χ0n) is 16.7. The van der Waals surface area contributed by atoms with Crippen molar-refractivity contribution in [3.05, 3.63) is 58.7 Å². The van der Waals surface area contributed by atoms with E-state index in [9.17, 15) is 5.11 Å². The minimum atomic E-state index is 0.0115. The van der Waals surface area contributed by atoms with Crippen molar-refractivity contribution in [2.45, 2.75) is 58.8 Å². The van der Waals surface area contributed by atoms with Gasteiger partial charge in [0.15, 0.2) is 0 Å². The van der Waals surface area contributed by atoms with E-state index in [1.54, 1.807) is 0 Å². The van der Waals surface area contributed by atoms with E-state index in [4.69, 9.17) is 0 Å². The van der Waals surface area contributed by atoms with E-state index in [2.05, 4.69) is 70.1 Å². The maximum Gasteiger partial charge on any atom is 0.118 e. The molecule has 0 aliphatic rings. The van der Waals surface area contributed by atoms with E-state index in [-0.39, 0.29) is 5.41 Å². The Bertz CT molecular complexity index is 712. The predicted molar refractivity (Wildman–Crippen MR) is 109 cm³/mol. The first-order valence-corrected chi connectivity index (χ1v) is 9.44. The second-order valence-electron chi connectivity index (χ2n) is 7.48. The van der Waals surface area contributed by atoms with E-state index in [0.717, 1.165) is 31.2 Å². The van der Waals surface area contributed by atoms with Crippen molar-refractivity contribution in [2.75, 3.05) is 19.0 Å². The lowest BCUT2D eigenvalue weighted by atomic mass is 9.68. The van der Waals surface area contributed by atoms with Crippen LogP contribution in [0.15, 0.2) is 36.4 Å². The molecular weight excluding hydrogens is 306 g/mol. The van der Waals surface area contributed by atoms with Gasteiger partial charge in [-0.2, -0.15) is 0 Å². The molecule has 0 bridgehead atoms. The van der Waals surface area contributed by atoms with Crippen LogP contribution in [0.2, 0.25) is 0 Å². The molecule has 0 saturated carbocycles.